The standard InChI is InChI=1S/C26H24ClN3O10/c27-16-5-1-14(2-6-16)22(29-37)15-3-7-17(8-4-15)39-21(33)10-9-20(32)38-13-18-23(34)24(35)25(40-18)30-12-11-19(31)28-26(30)36/h1-8,11-12,18,23-25,34-35,37H,9-10,13H2,(H,28,31,36)/b29-22+/t18-,23-,24-,25?/m1/s1. The van der Waals surface area contributed by atoms with Crippen LogP contribution in [0.1, 0.15) is 30.2 Å². The van der Waals surface area contributed by atoms with Crippen molar-refractivity contribution in [2.24, 2.45) is 5.16 Å². The van der Waals surface area contributed by atoms with Crippen LogP contribution in [0.3, 0.4) is 0 Å². The van der Waals surface area contributed by atoms with Gasteiger partial charge in [-0.05, 0) is 36.4 Å². The minimum absolute atomic E-state index is 0.204. The number of benzene rings is 2. The lowest BCUT2D eigenvalue weighted by Crippen LogP contribution is -2.37. The molecule has 1 aromatic heterocycles. The maximum Gasteiger partial charge on any atom is 0.330 e. The lowest BCUT2D eigenvalue weighted by atomic mass is 10.0. The summed E-state index contributed by atoms with van der Waals surface area (Å²) in [6.45, 7) is -0.454. The van der Waals surface area contributed by atoms with E-state index in [1.807, 2.05) is 4.98 Å². The van der Waals surface area contributed by atoms with Gasteiger partial charge in [-0.15, -0.1) is 0 Å². The Bertz CT molecular complexity index is 1500. The van der Waals surface area contributed by atoms with Crippen LogP contribution in [0.25, 0.3) is 0 Å². The van der Waals surface area contributed by atoms with E-state index in [-0.39, 0.29) is 18.6 Å². The number of oxime groups is 1. The maximum absolute atomic E-state index is 12.2. The minimum Gasteiger partial charge on any atom is -0.463 e. The second-order valence-corrected chi connectivity index (χ2v) is 9.14. The predicted octanol–water partition coefficient (Wildman–Crippen LogP) is 0.965. The van der Waals surface area contributed by atoms with Gasteiger partial charge in [0, 0.05) is 28.4 Å². The number of carbonyl (C=O) groups is 2. The molecule has 1 aliphatic rings. The molecule has 4 atom stereocenters. The zero-order chi connectivity index (χ0) is 28.8. The lowest BCUT2D eigenvalue weighted by molar-refractivity contribution is -0.152. The molecule has 0 spiro atoms. The number of nitrogens with zero attached hydrogens (tertiary/aromatic N) is 2. The van der Waals surface area contributed by atoms with E-state index < -0.39 is 54.3 Å². The van der Waals surface area contributed by atoms with E-state index in [2.05, 4.69) is 5.16 Å². The van der Waals surface area contributed by atoms with Crippen LogP contribution in [0.5, 0.6) is 5.75 Å². The first-order chi connectivity index (χ1) is 19.2. The van der Waals surface area contributed by atoms with E-state index in [4.69, 9.17) is 25.8 Å². The van der Waals surface area contributed by atoms with E-state index in [1.165, 1.54) is 12.1 Å². The zero-order valence-electron chi connectivity index (χ0n) is 20.7. The van der Waals surface area contributed by atoms with E-state index >= 15 is 0 Å². The number of H-pyrrole nitrogens is 1. The number of aliphatic hydroxyl groups excluding tert-OH is 2. The van der Waals surface area contributed by atoms with Gasteiger partial charge in [0.15, 0.2) is 6.23 Å². The number of hydrogen-bond acceptors (Lipinski definition) is 11. The summed E-state index contributed by atoms with van der Waals surface area (Å²) in [5.74, 6) is -1.28. The molecule has 14 heteroatoms. The van der Waals surface area contributed by atoms with Gasteiger partial charge in [-0.25, -0.2) is 4.79 Å². The van der Waals surface area contributed by atoms with Gasteiger partial charge in [0.2, 0.25) is 0 Å². The first-order valence-corrected chi connectivity index (χ1v) is 12.3. The summed E-state index contributed by atoms with van der Waals surface area (Å²) in [4.78, 5) is 49.5. The summed E-state index contributed by atoms with van der Waals surface area (Å²) in [7, 11) is 0. The molecule has 1 fully saturated rings. The molecule has 210 valence electrons. The molecule has 4 N–H and O–H groups in total. The number of carbonyl (C=O) groups excluding carboxylic acids is 2. The molecule has 0 radical (unpaired) electrons. The van der Waals surface area contributed by atoms with Crippen molar-refractivity contribution in [2.75, 3.05) is 6.61 Å². The van der Waals surface area contributed by atoms with E-state index in [0.717, 1.165) is 16.8 Å². The SMILES string of the molecule is O=C(CCC(=O)Oc1ccc(/C(=N/O)c2ccc(Cl)cc2)cc1)OC[C@H]1OC(n2ccc(=O)[nH]c2=O)[C@H](O)[C@@H]1O. The Morgan fingerprint density at radius 2 is 1.57 bits per heavy atom. The van der Waals surface area contributed by atoms with Crippen molar-refractivity contribution in [3.8, 4) is 5.75 Å². The molecule has 2 aromatic carbocycles. The number of nitrogens with one attached hydrogen (secondary N) is 1. The molecule has 1 aliphatic heterocycles. The molecule has 4 rings (SSSR count). The molecule has 3 aromatic rings. The summed E-state index contributed by atoms with van der Waals surface area (Å²) in [5, 5.41) is 33.7. The molecule has 0 saturated carbocycles. The fraction of sp³-hybridized carbons (Fsp3) is 0.269. The average molecular weight is 574 g/mol. The molecule has 0 amide bonds. The maximum atomic E-state index is 12.2. The number of aliphatic hydroxyl groups is 2. The third-order valence-corrected chi connectivity index (χ3v) is 6.23. The molecular weight excluding hydrogens is 550 g/mol. The van der Waals surface area contributed by atoms with Crippen LogP contribution in [0, 0.1) is 0 Å². The number of hydrogen-bond donors (Lipinski definition) is 4. The first-order valence-electron chi connectivity index (χ1n) is 11.9. The van der Waals surface area contributed by atoms with Gasteiger partial charge in [0.25, 0.3) is 5.56 Å². The van der Waals surface area contributed by atoms with Gasteiger partial charge in [-0.1, -0.05) is 28.9 Å². The van der Waals surface area contributed by atoms with Crippen molar-refractivity contribution >= 4 is 29.3 Å². The summed E-state index contributed by atoms with van der Waals surface area (Å²) in [5.41, 5.74) is -0.0191. The fourth-order valence-corrected chi connectivity index (χ4v) is 4.05. The number of aromatic amines is 1. The Morgan fingerprint density at radius 1 is 0.950 bits per heavy atom. The summed E-state index contributed by atoms with van der Waals surface area (Å²) >= 11 is 5.89. The number of esters is 2. The highest BCUT2D eigenvalue weighted by molar-refractivity contribution is 6.30. The van der Waals surface area contributed by atoms with E-state index in [1.54, 1.807) is 36.4 Å². The van der Waals surface area contributed by atoms with Crippen molar-refractivity contribution in [3.63, 3.8) is 0 Å². The van der Waals surface area contributed by atoms with Crippen molar-refractivity contribution in [1.29, 1.82) is 0 Å². The smallest absolute Gasteiger partial charge is 0.330 e. The van der Waals surface area contributed by atoms with Crippen molar-refractivity contribution in [3.05, 3.63) is 97.8 Å². The molecule has 13 nitrogen and oxygen atoms in total. The number of halogens is 1. The van der Waals surface area contributed by atoms with Crippen LogP contribution >= 0.6 is 11.6 Å². The van der Waals surface area contributed by atoms with Gasteiger partial charge in [0.05, 0.1) is 12.8 Å². The number of ether oxygens (including phenoxy) is 3. The summed E-state index contributed by atoms with van der Waals surface area (Å²) in [6.07, 6.45) is -5.01. The first kappa shape index (κ1) is 28.7. The summed E-state index contributed by atoms with van der Waals surface area (Å²) in [6, 6.07) is 13.9. The number of rotatable bonds is 9. The van der Waals surface area contributed by atoms with Crippen LogP contribution in [0.4, 0.5) is 0 Å². The van der Waals surface area contributed by atoms with Gasteiger partial charge < -0.3 is 29.6 Å². The Hall–Kier alpha value is -4.30. The predicted molar refractivity (Wildman–Crippen MR) is 138 cm³/mol. The van der Waals surface area contributed by atoms with Crippen LogP contribution < -0.4 is 16.0 Å². The minimum atomic E-state index is -1.53. The third kappa shape index (κ3) is 6.82. The van der Waals surface area contributed by atoms with Gasteiger partial charge in [0.1, 0.15) is 36.4 Å². The Balaban J connectivity index is 1.24. The van der Waals surface area contributed by atoms with Crippen LogP contribution in [0.2, 0.25) is 5.02 Å². The topological polar surface area (TPSA) is 190 Å². The van der Waals surface area contributed by atoms with Gasteiger partial charge >= 0.3 is 17.6 Å². The monoisotopic (exact) mass is 573 g/mol. The second kappa shape index (κ2) is 12.7. The Kier molecular flexibility index (Phi) is 9.11. The van der Waals surface area contributed by atoms with Crippen molar-refractivity contribution in [1.82, 2.24) is 9.55 Å². The highest BCUT2D eigenvalue weighted by Crippen LogP contribution is 2.28. The van der Waals surface area contributed by atoms with Gasteiger partial charge in [-0.2, -0.15) is 0 Å². The zero-order valence-corrected chi connectivity index (χ0v) is 21.4. The second-order valence-electron chi connectivity index (χ2n) is 8.70. The van der Waals surface area contributed by atoms with Crippen molar-refractivity contribution < 1.29 is 39.2 Å². The molecule has 0 aliphatic carbocycles. The van der Waals surface area contributed by atoms with Crippen LogP contribution in [0.15, 0.2) is 75.5 Å². The highest BCUT2D eigenvalue weighted by Gasteiger charge is 2.44. The third-order valence-electron chi connectivity index (χ3n) is 5.98. The summed E-state index contributed by atoms with van der Waals surface area (Å²) < 4.78 is 16.6. The average Bonchev–Trinajstić information content (AvgIpc) is 3.21. The quantitative estimate of drug-likeness (QED) is 0.0943. The normalized spacial score (nSPS) is 20.7. The van der Waals surface area contributed by atoms with E-state index in [9.17, 15) is 34.6 Å². The van der Waals surface area contributed by atoms with E-state index in [0.29, 0.717) is 21.9 Å². The Morgan fingerprint density at radius 3 is 2.20 bits per heavy atom. The molecule has 1 saturated heterocycles. The Labute approximate surface area is 230 Å². The molecule has 2 heterocycles. The van der Waals surface area contributed by atoms with Crippen molar-refractivity contribution in [2.45, 2.75) is 37.4 Å². The molecule has 1 unspecified atom stereocenters. The van der Waals surface area contributed by atoms with Gasteiger partial charge in [-0.3, -0.25) is 23.9 Å². The molecule has 40 heavy (non-hydrogen) atoms. The lowest BCUT2D eigenvalue weighted by Gasteiger charge is -2.16. The van der Waals surface area contributed by atoms with Crippen LogP contribution in [-0.2, 0) is 19.1 Å². The van der Waals surface area contributed by atoms with Crippen LogP contribution in [-0.4, -0.2) is 67.5 Å². The fourth-order valence-electron chi connectivity index (χ4n) is 3.93. The number of aromatic nitrogens is 2. The molecule has 0 bridgehead atoms. The highest BCUT2D eigenvalue weighted by atomic mass is 35.5. The largest absolute Gasteiger partial charge is 0.463 e. The molecular formula is C26H24ClN3O10.